The molecule has 0 N–H and O–H groups in total. The van der Waals surface area contributed by atoms with Crippen LogP contribution in [0, 0.1) is 0 Å². The third-order valence-corrected chi connectivity index (χ3v) is 5.60. The lowest BCUT2D eigenvalue weighted by Crippen LogP contribution is -2.22. The van der Waals surface area contributed by atoms with E-state index in [1.165, 1.54) is 0 Å². The molecule has 0 saturated heterocycles. The molecule has 0 radical (unpaired) electrons. The second-order valence-electron chi connectivity index (χ2n) is 5.69. The van der Waals surface area contributed by atoms with Crippen molar-refractivity contribution in [3.05, 3.63) is 91.9 Å². The largest absolute Gasteiger partial charge is 0.354 e. The molecule has 0 aliphatic carbocycles. The van der Waals surface area contributed by atoms with E-state index in [1.807, 2.05) is 54.6 Å². The first-order valence-electron chi connectivity index (χ1n) is 7.78. The summed E-state index contributed by atoms with van der Waals surface area (Å²) in [6.07, 6.45) is 0. The molecule has 0 amide bonds. The van der Waals surface area contributed by atoms with Crippen molar-refractivity contribution >= 4 is 50.0 Å². The van der Waals surface area contributed by atoms with Crippen molar-refractivity contribution < 1.29 is 0 Å². The highest BCUT2D eigenvalue weighted by Crippen LogP contribution is 2.33. The zero-order valence-corrected chi connectivity index (χ0v) is 16.4. The minimum absolute atomic E-state index is 0.132. The lowest BCUT2D eigenvalue weighted by molar-refractivity contribution is 0.961. The Hall–Kier alpha value is -2.14. The molecule has 0 aliphatic heterocycles. The maximum Gasteiger partial charge on any atom is 0.354 e. The number of hydrogen-bond acceptors (Lipinski definition) is 2. The molecule has 4 rings (SSSR count). The van der Waals surface area contributed by atoms with Gasteiger partial charge in [-0.15, -0.1) is 0 Å². The SMILES string of the molecule is O=c1nc(Cl)c2cc(Cl)c(Br)cc2n1-c1ccccc1-c1ccccc1. The van der Waals surface area contributed by atoms with Gasteiger partial charge in [-0.2, -0.15) is 4.98 Å². The number of benzene rings is 3. The van der Waals surface area contributed by atoms with Crippen LogP contribution in [0.1, 0.15) is 0 Å². The average molecular weight is 446 g/mol. The molecule has 0 fully saturated rings. The topological polar surface area (TPSA) is 34.9 Å². The van der Waals surface area contributed by atoms with Crippen LogP contribution < -0.4 is 5.69 Å². The number of fused-ring (bicyclic) bond motifs is 1. The minimum Gasteiger partial charge on any atom is -0.260 e. The second kappa shape index (κ2) is 6.88. The Morgan fingerprint density at radius 1 is 0.923 bits per heavy atom. The Morgan fingerprint density at radius 3 is 2.38 bits per heavy atom. The van der Waals surface area contributed by atoms with Gasteiger partial charge < -0.3 is 0 Å². The molecule has 3 aromatic carbocycles. The van der Waals surface area contributed by atoms with Crippen molar-refractivity contribution in [2.45, 2.75) is 0 Å². The molecule has 0 atom stereocenters. The summed E-state index contributed by atoms with van der Waals surface area (Å²) >= 11 is 15.8. The predicted octanol–water partition coefficient (Wildman–Crippen LogP) is 6.12. The molecule has 0 unspecified atom stereocenters. The number of rotatable bonds is 2. The van der Waals surface area contributed by atoms with E-state index in [0.717, 1.165) is 16.8 Å². The normalized spacial score (nSPS) is 11.0. The summed E-state index contributed by atoms with van der Waals surface area (Å²) in [4.78, 5) is 16.7. The van der Waals surface area contributed by atoms with Gasteiger partial charge in [-0.05, 0) is 39.7 Å². The van der Waals surface area contributed by atoms with Crippen molar-refractivity contribution in [1.29, 1.82) is 0 Å². The van der Waals surface area contributed by atoms with Crippen molar-refractivity contribution in [3.8, 4) is 16.8 Å². The molecule has 0 saturated carbocycles. The van der Waals surface area contributed by atoms with E-state index >= 15 is 0 Å². The molecule has 4 aromatic rings. The summed E-state index contributed by atoms with van der Waals surface area (Å²) in [5.74, 6) is 0. The first kappa shape index (κ1) is 17.3. The summed E-state index contributed by atoms with van der Waals surface area (Å²) in [5, 5.41) is 1.25. The average Bonchev–Trinajstić information content (AvgIpc) is 2.65. The molecule has 128 valence electrons. The smallest absolute Gasteiger partial charge is 0.260 e. The fraction of sp³-hybridized carbons (Fsp3) is 0. The van der Waals surface area contributed by atoms with Gasteiger partial charge in [0.25, 0.3) is 0 Å². The standard InChI is InChI=1S/C20H11BrCl2N2O/c21-15-11-18-14(10-16(15)22)19(23)24-20(26)25(18)17-9-5-4-8-13(17)12-6-2-1-3-7-12/h1-11H. The van der Waals surface area contributed by atoms with Gasteiger partial charge in [-0.3, -0.25) is 4.57 Å². The van der Waals surface area contributed by atoms with Crippen LogP contribution in [0.25, 0.3) is 27.7 Å². The van der Waals surface area contributed by atoms with Gasteiger partial charge in [0.15, 0.2) is 0 Å². The monoisotopic (exact) mass is 444 g/mol. The van der Waals surface area contributed by atoms with E-state index in [0.29, 0.717) is 20.4 Å². The zero-order valence-electron chi connectivity index (χ0n) is 13.3. The fourth-order valence-electron chi connectivity index (χ4n) is 2.95. The van der Waals surface area contributed by atoms with Crippen molar-refractivity contribution in [2.75, 3.05) is 0 Å². The van der Waals surface area contributed by atoms with Crippen LogP contribution in [0.15, 0.2) is 76.0 Å². The summed E-state index contributed by atoms with van der Waals surface area (Å²) in [7, 11) is 0. The van der Waals surface area contributed by atoms with E-state index < -0.39 is 5.69 Å². The molecular weight excluding hydrogens is 435 g/mol. The Bertz CT molecular complexity index is 1190. The Kier molecular flexibility index (Phi) is 4.57. The summed E-state index contributed by atoms with van der Waals surface area (Å²) < 4.78 is 2.24. The third kappa shape index (κ3) is 2.94. The van der Waals surface area contributed by atoms with Crippen LogP contribution in [0.5, 0.6) is 0 Å². The predicted molar refractivity (Wildman–Crippen MR) is 110 cm³/mol. The van der Waals surface area contributed by atoms with Crippen molar-refractivity contribution in [2.24, 2.45) is 0 Å². The zero-order chi connectivity index (χ0) is 18.3. The molecule has 1 aromatic heterocycles. The van der Waals surface area contributed by atoms with E-state index in [1.54, 1.807) is 16.7 Å². The van der Waals surface area contributed by atoms with Gasteiger partial charge >= 0.3 is 5.69 Å². The summed E-state index contributed by atoms with van der Waals surface area (Å²) in [6, 6.07) is 21.1. The van der Waals surface area contributed by atoms with E-state index in [2.05, 4.69) is 20.9 Å². The molecule has 6 heteroatoms. The fourth-order valence-corrected chi connectivity index (χ4v) is 3.67. The van der Waals surface area contributed by atoms with Gasteiger partial charge in [0, 0.05) is 15.4 Å². The number of hydrogen-bond donors (Lipinski definition) is 0. The maximum absolute atomic E-state index is 12.8. The Labute approximate surface area is 168 Å². The number of nitrogens with zero attached hydrogens (tertiary/aromatic N) is 2. The van der Waals surface area contributed by atoms with Gasteiger partial charge in [0.1, 0.15) is 5.15 Å². The number of aromatic nitrogens is 2. The lowest BCUT2D eigenvalue weighted by Gasteiger charge is -2.15. The number of halogens is 3. The molecule has 1 heterocycles. The van der Waals surface area contributed by atoms with Gasteiger partial charge in [0.05, 0.1) is 16.2 Å². The highest BCUT2D eigenvalue weighted by molar-refractivity contribution is 9.10. The molecule has 0 bridgehead atoms. The van der Waals surface area contributed by atoms with Gasteiger partial charge in [0.2, 0.25) is 0 Å². The van der Waals surface area contributed by atoms with E-state index in [-0.39, 0.29) is 5.15 Å². The van der Waals surface area contributed by atoms with Gasteiger partial charge in [-0.1, -0.05) is 71.7 Å². The minimum atomic E-state index is -0.444. The van der Waals surface area contributed by atoms with Crippen molar-refractivity contribution in [1.82, 2.24) is 9.55 Å². The van der Waals surface area contributed by atoms with Crippen molar-refractivity contribution in [3.63, 3.8) is 0 Å². The first-order valence-corrected chi connectivity index (χ1v) is 9.33. The first-order chi connectivity index (χ1) is 12.6. The van der Waals surface area contributed by atoms with Crippen LogP contribution >= 0.6 is 39.1 Å². The Morgan fingerprint density at radius 2 is 1.62 bits per heavy atom. The molecule has 26 heavy (non-hydrogen) atoms. The molecule has 0 spiro atoms. The quantitative estimate of drug-likeness (QED) is 0.348. The summed E-state index contributed by atoms with van der Waals surface area (Å²) in [5.41, 5.74) is 2.85. The van der Waals surface area contributed by atoms with Crippen LogP contribution in [0.4, 0.5) is 0 Å². The summed E-state index contributed by atoms with van der Waals surface area (Å²) in [6.45, 7) is 0. The molecule has 3 nitrogen and oxygen atoms in total. The van der Waals surface area contributed by atoms with Crippen LogP contribution in [0.3, 0.4) is 0 Å². The molecular formula is C20H11BrCl2N2O. The van der Waals surface area contributed by atoms with E-state index in [9.17, 15) is 4.79 Å². The highest BCUT2D eigenvalue weighted by Gasteiger charge is 2.16. The van der Waals surface area contributed by atoms with Gasteiger partial charge in [-0.25, -0.2) is 4.79 Å². The lowest BCUT2D eigenvalue weighted by atomic mass is 10.0. The second-order valence-corrected chi connectivity index (χ2v) is 7.31. The third-order valence-electron chi connectivity index (χ3n) is 4.12. The number of para-hydroxylation sites is 1. The van der Waals surface area contributed by atoms with E-state index in [4.69, 9.17) is 23.2 Å². The molecule has 0 aliphatic rings. The van der Waals surface area contributed by atoms with Crippen LogP contribution in [0.2, 0.25) is 10.2 Å². The Balaban J connectivity index is 2.12. The van der Waals surface area contributed by atoms with Crippen LogP contribution in [-0.4, -0.2) is 9.55 Å². The van der Waals surface area contributed by atoms with Crippen LogP contribution in [-0.2, 0) is 0 Å². The maximum atomic E-state index is 12.8. The highest BCUT2D eigenvalue weighted by atomic mass is 79.9.